The first-order valence-electron chi connectivity index (χ1n) is 26.2. The van der Waals surface area contributed by atoms with Crippen LogP contribution in [0, 0.1) is 43.4 Å². The molecule has 0 N–H and O–H groups in total. The van der Waals surface area contributed by atoms with Crippen LogP contribution in [0.1, 0.15) is 91.8 Å². The Balaban J connectivity index is 0.00000747. The van der Waals surface area contributed by atoms with Gasteiger partial charge in [0.05, 0.1) is 17.2 Å². The summed E-state index contributed by atoms with van der Waals surface area (Å²) in [6, 6.07) is 42.0. The predicted molar refractivity (Wildman–Crippen MR) is 250 cm³/mol. The van der Waals surface area contributed by atoms with Gasteiger partial charge in [-0.3, -0.25) is 0 Å². The molecule has 9 aromatic rings. The summed E-state index contributed by atoms with van der Waals surface area (Å²) in [7, 11) is 0. The number of nitriles is 1. The first kappa shape index (κ1) is 30.5. The Bertz CT molecular complexity index is 3540. The largest absolute Gasteiger partial charge is 3.00 e. The topological polar surface area (TPSA) is 75.6 Å². The summed E-state index contributed by atoms with van der Waals surface area (Å²) >= 11 is 0. The summed E-state index contributed by atoms with van der Waals surface area (Å²) in [4.78, 5) is 13.6. The van der Waals surface area contributed by atoms with Gasteiger partial charge in [0.1, 0.15) is 5.58 Å². The predicted octanol–water partition coefficient (Wildman–Crippen LogP) is 13.1. The maximum Gasteiger partial charge on any atom is 3.00 e. The second kappa shape index (κ2) is 19.3. The minimum absolute atomic E-state index is 0. The van der Waals surface area contributed by atoms with E-state index in [1.807, 2.05) is 6.07 Å². The molecule has 0 amide bonds. The number of hydrogen-bond donors (Lipinski definition) is 0. The Morgan fingerprint density at radius 1 is 0.603 bits per heavy atom. The molecule has 310 valence electrons. The van der Waals surface area contributed by atoms with Crippen LogP contribution in [-0.4, -0.2) is 15.0 Å². The third-order valence-corrected chi connectivity index (χ3v) is 10.5. The van der Waals surface area contributed by atoms with Gasteiger partial charge in [-0.1, -0.05) is 78.4 Å². The van der Waals surface area contributed by atoms with E-state index in [1.165, 1.54) is 18.6 Å². The van der Waals surface area contributed by atoms with Crippen molar-refractivity contribution in [3.63, 3.8) is 0 Å². The molecule has 0 bridgehead atoms. The Labute approximate surface area is 401 Å². The summed E-state index contributed by atoms with van der Waals surface area (Å²) in [5.74, 6) is -0.429. The molecule has 0 aliphatic heterocycles. The molecule has 0 spiro atoms. The van der Waals surface area contributed by atoms with Crippen molar-refractivity contribution >= 4 is 21.9 Å². The molecule has 4 aromatic heterocycles. The van der Waals surface area contributed by atoms with Gasteiger partial charge in [0.2, 0.25) is 0 Å². The molecule has 0 saturated heterocycles. The smallest absolute Gasteiger partial charge is 0.501 e. The number of nitrogens with zero attached hydrogens (tertiary/aromatic N) is 4. The Morgan fingerprint density at radius 2 is 1.16 bits per heavy atom. The van der Waals surface area contributed by atoms with Crippen LogP contribution in [0.15, 0.2) is 138 Å². The minimum atomic E-state index is -3.16. The summed E-state index contributed by atoms with van der Waals surface area (Å²) in [5, 5.41) is 11.0. The van der Waals surface area contributed by atoms with E-state index in [-0.39, 0.29) is 36.8 Å². The fraction of sp³-hybridized carbons (Fsp3) is 0.193. The molecule has 6 heteroatoms. The zero-order chi connectivity index (χ0) is 53.3. The molecular weight excluding hydrogens is 949 g/mol. The van der Waals surface area contributed by atoms with Gasteiger partial charge < -0.3 is 19.4 Å². The first-order chi connectivity index (χ1) is 34.8. The zero-order valence-electron chi connectivity index (χ0n) is 46.8. The van der Waals surface area contributed by atoms with E-state index in [1.54, 1.807) is 119 Å². The number of fused-ring (bicyclic) bond motifs is 3. The molecule has 0 aliphatic rings. The Hall–Kier alpha value is -6.51. The molecule has 0 radical (unpaired) electrons. The molecule has 4 heterocycles. The number of rotatable bonds is 13. The van der Waals surface area contributed by atoms with Crippen LogP contribution in [0.25, 0.3) is 55.7 Å². The second-order valence-electron chi connectivity index (χ2n) is 15.2. The van der Waals surface area contributed by atoms with Crippen LogP contribution in [0.5, 0.6) is 0 Å². The van der Waals surface area contributed by atoms with Gasteiger partial charge in [-0.05, 0) is 126 Å². The van der Waals surface area contributed by atoms with Gasteiger partial charge in [-0.15, -0.1) is 90.0 Å². The monoisotopic (exact) mass is 1010 g/mol. The van der Waals surface area contributed by atoms with Gasteiger partial charge in [0.25, 0.3) is 0 Å². The van der Waals surface area contributed by atoms with Crippen LogP contribution in [0.4, 0.5) is 0 Å². The van der Waals surface area contributed by atoms with Crippen molar-refractivity contribution in [3.8, 4) is 39.8 Å². The standard InChI is InChI=1S/C57H47N4O.Ir/c1-37(2)52-32-55(51-17-11-16-50-49-25-21-43(33-58)31-56(49)62-57(50)51)61-36-48(52)24-20-42-29-40(18-22-46-34-59-53(26-38(46)3)44-12-7-5-8-13-44)28-41(30-42)19-23-47-35-60-54(27-39(47)4)45-14-9-6-10-15-45;/h5-12,14,16,21,25-32,34-37H,18-20,22-24H2,1-4H3;/q-3;+3/i18D2,19D2,20D2,22D2,23D2,24D2;. The third kappa shape index (κ3) is 9.62. The van der Waals surface area contributed by atoms with Gasteiger partial charge in [0.15, 0.2) is 0 Å². The van der Waals surface area contributed by atoms with Crippen molar-refractivity contribution in [3.05, 3.63) is 208 Å². The normalized spacial score (nSPS) is 15.4. The molecule has 5 aromatic carbocycles. The zero-order valence-corrected chi connectivity index (χ0v) is 37.2. The summed E-state index contributed by atoms with van der Waals surface area (Å²) in [6.45, 7) is 6.81. The van der Waals surface area contributed by atoms with E-state index in [9.17, 15) is 21.7 Å². The van der Waals surface area contributed by atoms with Crippen molar-refractivity contribution in [2.45, 2.75) is 71.9 Å². The number of furan rings is 1. The molecule has 0 saturated carbocycles. The fourth-order valence-electron chi connectivity index (χ4n) is 7.23. The maximum atomic E-state index is 9.75. The molecular formula is C57H47IrN4O. The first-order valence-corrected chi connectivity index (χ1v) is 20.2. The number of pyridine rings is 3. The average molecular weight is 1010 g/mol. The molecule has 9 rings (SSSR count). The van der Waals surface area contributed by atoms with Gasteiger partial charge in [0, 0.05) is 40.4 Å². The number of aryl methyl sites for hydroxylation is 8. The van der Waals surface area contributed by atoms with E-state index in [4.69, 9.17) is 4.42 Å². The summed E-state index contributed by atoms with van der Waals surface area (Å²) in [6.07, 6.45) is -14.6. The minimum Gasteiger partial charge on any atom is -0.501 e. The molecule has 0 aliphatic carbocycles. The van der Waals surface area contributed by atoms with Crippen LogP contribution in [-0.2, 0) is 58.3 Å². The summed E-state index contributed by atoms with van der Waals surface area (Å²) in [5.41, 5.74) is 3.05. The maximum absolute atomic E-state index is 9.75. The van der Waals surface area contributed by atoms with Crippen LogP contribution >= 0.6 is 0 Å². The van der Waals surface area contributed by atoms with Crippen molar-refractivity contribution in [1.29, 1.82) is 5.26 Å². The average Bonchev–Trinajstić information content (AvgIpc) is 3.76. The number of aromatic nitrogens is 3. The van der Waals surface area contributed by atoms with E-state index < -0.39 is 60.8 Å². The van der Waals surface area contributed by atoms with Crippen molar-refractivity contribution in [2.24, 2.45) is 0 Å². The molecule has 0 fully saturated rings. The molecule has 5 nitrogen and oxygen atoms in total. The summed E-state index contributed by atoms with van der Waals surface area (Å²) < 4.78 is 121. The number of benzene rings is 5. The van der Waals surface area contributed by atoms with Gasteiger partial charge >= 0.3 is 20.1 Å². The molecule has 63 heavy (non-hydrogen) atoms. The van der Waals surface area contributed by atoms with E-state index >= 15 is 0 Å². The van der Waals surface area contributed by atoms with E-state index in [0.29, 0.717) is 67.2 Å². The van der Waals surface area contributed by atoms with E-state index in [0.717, 1.165) is 29.0 Å². The molecule has 0 unspecified atom stereocenters. The fourth-order valence-corrected chi connectivity index (χ4v) is 7.23. The number of hydrogen-bond acceptors (Lipinski definition) is 5. The van der Waals surface area contributed by atoms with Crippen LogP contribution < -0.4 is 0 Å². The second-order valence-corrected chi connectivity index (χ2v) is 15.2. The quantitative estimate of drug-likeness (QED) is 0.108. The SMILES string of the molecule is [2H]C([2H])(c1cc(C([2H])([2H])C([2H])([2H])c2cnc(-c3[c-]cccc3)cc2C)cc(C([2H])([2H])C([2H])([2H])c2cnc(-c3[c-]ccc4c3oc3cc(C#N)ccc34)cc2C(C)C)c1)C([2H])([2H])c1cnc(-c2[c-]cccc2)cc1C.[Ir+3]. The van der Waals surface area contributed by atoms with Gasteiger partial charge in [-0.2, -0.15) is 5.26 Å². The van der Waals surface area contributed by atoms with Crippen molar-refractivity contribution < 1.29 is 41.0 Å². The molecule has 0 atom stereocenters. The van der Waals surface area contributed by atoms with Crippen molar-refractivity contribution in [2.75, 3.05) is 0 Å². The Kier molecular flexibility index (Phi) is 9.33. The Morgan fingerprint density at radius 3 is 1.68 bits per heavy atom. The van der Waals surface area contributed by atoms with E-state index in [2.05, 4.69) is 39.2 Å². The third-order valence-electron chi connectivity index (χ3n) is 10.5. The van der Waals surface area contributed by atoms with Crippen LogP contribution in [0.2, 0.25) is 0 Å². The van der Waals surface area contributed by atoms with Crippen LogP contribution in [0.3, 0.4) is 0 Å². The van der Waals surface area contributed by atoms with Gasteiger partial charge in [-0.25, -0.2) is 0 Å². The van der Waals surface area contributed by atoms with Crippen molar-refractivity contribution in [1.82, 2.24) is 15.0 Å².